The zero-order chi connectivity index (χ0) is 8.39. The van der Waals surface area contributed by atoms with Crippen molar-refractivity contribution in [1.29, 1.82) is 0 Å². The zero-order valence-electron chi connectivity index (χ0n) is 7.12. The van der Waals surface area contributed by atoms with Crippen LogP contribution < -0.4 is 5.32 Å². The maximum atomic E-state index is 11.4. The topological polar surface area (TPSA) is 32.3 Å². The fourth-order valence-corrected chi connectivity index (χ4v) is 1.85. The number of nitrogens with one attached hydrogen (secondary N) is 1. The van der Waals surface area contributed by atoms with E-state index >= 15 is 0 Å². The van der Waals surface area contributed by atoms with E-state index in [9.17, 15) is 4.79 Å². The summed E-state index contributed by atoms with van der Waals surface area (Å²) in [6, 6.07) is 0.556. The SMILES string of the molecule is O=C1NCCCN1C1CC=CC1. The molecule has 1 heterocycles. The molecule has 0 saturated carbocycles. The van der Waals surface area contributed by atoms with Gasteiger partial charge in [-0.1, -0.05) is 12.2 Å². The molecule has 0 spiro atoms. The molecule has 12 heavy (non-hydrogen) atoms. The van der Waals surface area contributed by atoms with Gasteiger partial charge in [-0.05, 0) is 19.3 Å². The summed E-state index contributed by atoms with van der Waals surface area (Å²) in [6.45, 7) is 1.77. The van der Waals surface area contributed by atoms with Crippen LogP contribution in [0.2, 0.25) is 0 Å². The third-order valence-electron chi connectivity index (χ3n) is 2.54. The van der Waals surface area contributed by atoms with Crippen molar-refractivity contribution in [2.75, 3.05) is 13.1 Å². The van der Waals surface area contributed by atoms with Gasteiger partial charge in [0.25, 0.3) is 0 Å². The molecular formula is C9H14N2O. The van der Waals surface area contributed by atoms with E-state index in [1.165, 1.54) is 0 Å². The Morgan fingerprint density at radius 3 is 2.83 bits per heavy atom. The van der Waals surface area contributed by atoms with E-state index in [1.54, 1.807) is 0 Å². The molecule has 66 valence electrons. The van der Waals surface area contributed by atoms with Crippen LogP contribution in [0.1, 0.15) is 19.3 Å². The molecule has 1 aliphatic carbocycles. The maximum absolute atomic E-state index is 11.4. The molecule has 0 atom stereocenters. The number of carbonyl (C=O) groups is 1. The quantitative estimate of drug-likeness (QED) is 0.582. The van der Waals surface area contributed by atoms with Crippen molar-refractivity contribution in [3.63, 3.8) is 0 Å². The molecule has 0 unspecified atom stereocenters. The predicted molar refractivity (Wildman–Crippen MR) is 46.9 cm³/mol. The molecule has 0 radical (unpaired) electrons. The molecular weight excluding hydrogens is 152 g/mol. The van der Waals surface area contributed by atoms with Gasteiger partial charge in [-0.25, -0.2) is 4.79 Å². The Morgan fingerprint density at radius 1 is 1.42 bits per heavy atom. The smallest absolute Gasteiger partial charge is 0.317 e. The van der Waals surface area contributed by atoms with Gasteiger partial charge in [0, 0.05) is 19.1 Å². The summed E-state index contributed by atoms with van der Waals surface area (Å²) < 4.78 is 0. The number of nitrogens with zero attached hydrogens (tertiary/aromatic N) is 1. The van der Waals surface area contributed by atoms with E-state index in [1.807, 2.05) is 4.90 Å². The normalized spacial score (nSPS) is 24.7. The van der Waals surface area contributed by atoms with Gasteiger partial charge in [0.1, 0.15) is 0 Å². The van der Waals surface area contributed by atoms with Crippen molar-refractivity contribution in [3.8, 4) is 0 Å². The molecule has 2 rings (SSSR count). The monoisotopic (exact) mass is 166 g/mol. The van der Waals surface area contributed by atoms with E-state index in [4.69, 9.17) is 0 Å². The Hall–Kier alpha value is -0.990. The number of carbonyl (C=O) groups excluding carboxylic acids is 1. The standard InChI is InChI=1S/C9H14N2O/c12-9-10-6-3-7-11(9)8-4-1-2-5-8/h1-2,8H,3-7H2,(H,10,12). The fourth-order valence-electron chi connectivity index (χ4n) is 1.85. The van der Waals surface area contributed by atoms with Crippen molar-refractivity contribution in [1.82, 2.24) is 10.2 Å². The van der Waals surface area contributed by atoms with Crippen LogP contribution in [-0.2, 0) is 0 Å². The molecule has 1 aliphatic heterocycles. The van der Waals surface area contributed by atoms with Gasteiger partial charge >= 0.3 is 6.03 Å². The molecule has 1 saturated heterocycles. The van der Waals surface area contributed by atoms with E-state index in [2.05, 4.69) is 17.5 Å². The first-order valence-corrected chi connectivity index (χ1v) is 4.57. The lowest BCUT2D eigenvalue weighted by Crippen LogP contribution is -2.50. The highest BCUT2D eigenvalue weighted by molar-refractivity contribution is 5.75. The largest absolute Gasteiger partial charge is 0.338 e. The third kappa shape index (κ3) is 1.31. The molecule has 2 amide bonds. The van der Waals surface area contributed by atoms with Crippen LogP contribution in [0.25, 0.3) is 0 Å². The first-order valence-electron chi connectivity index (χ1n) is 4.57. The lowest BCUT2D eigenvalue weighted by Gasteiger charge is -2.32. The first-order chi connectivity index (χ1) is 5.88. The molecule has 0 aromatic rings. The van der Waals surface area contributed by atoms with Crippen LogP contribution in [0, 0.1) is 0 Å². The second-order valence-electron chi connectivity index (χ2n) is 3.38. The molecule has 2 aliphatic rings. The van der Waals surface area contributed by atoms with Crippen LogP contribution in [0.3, 0.4) is 0 Å². The van der Waals surface area contributed by atoms with Gasteiger partial charge in [-0.3, -0.25) is 0 Å². The highest BCUT2D eigenvalue weighted by Gasteiger charge is 2.25. The van der Waals surface area contributed by atoms with E-state index in [0.29, 0.717) is 6.04 Å². The van der Waals surface area contributed by atoms with Crippen LogP contribution in [-0.4, -0.2) is 30.1 Å². The van der Waals surface area contributed by atoms with E-state index in [-0.39, 0.29) is 6.03 Å². The Labute approximate surface area is 72.4 Å². The Balaban J connectivity index is 1.96. The van der Waals surface area contributed by atoms with Crippen LogP contribution >= 0.6 is 0 Å². The average Bonchev–Trinajstić information content (AvgIpc) is 2.57. The third-order valence-corrected chi connectivity index (χ3v) is 2.54. The second kappa shape index (κ2) is 3.17. The fraction of sp³-hybridized carbons (Fsp3) is 0.667. The summed E-state index contributed by atoms with van der Waals surface area (Å²) in [5.41, 5.74) is 0. The van der Waals surface area contributed by atoms with Gasteiger partial charge in [0.2, 0.25) is 0 Å². The molecule has 0 aromatic carbocycles. The van der Waals surface area contributed by atoms with Crippen molar-refractivity contribution in [2.24, 2.45) is 0 Å². The molecule has 3 heteroatoms. The number of urea groups is 1. The summed E-state index contributed by atoms with van der Waals surface area (Å²) in [6.07, 6.45) is 7.47. The second-order valence-corrected chi connectivity index (χ2v) is 3.38. The lowest BCUT2D eigenvalue weighted by molar-refractivity contribution is 0.164. The molecule has 1 N–H and O–H groups in total. The van der Waals surface area contributed by atoms with Gasteiger partial charge in [0.15, 0.2) is 0 Å². The Bertz CT molecular complexity index is 205. The summed E-state index contributed by atoms with van der Waals surface area (Å²) in [4.78, 5) is 13.3. The van der Waals surface area contributed by atoms with Gasteiger partial charge in [-0.15, -0.1) is 0 Å². The molecule has 0 aromatic heterocycles. The van der Waals surface area contributed by atoms with Crippen molar-refractivity contribution >= 4 is 6.03 Å². The van der Waals surface area contributed by atoms with E-state index in [0.717, 1.165) is 32.4 Å². The molecule has 3 nitrogen and oxygen atoms in total. The van der Waals surface area contributed by atoms with Crippen LogP contribution in [0.15, 0.2) is 12.2 Å². The first kappa shape index (κ1) is 7.65. The maximum Gasteiger partial charge on any atom is 0.317 e. The zero-order valence-corrected chi connectivity index (χ0v) is 7.12. The summed E-state index contributed by atoms with van der Waals surface area (Å²) in [5, 5.41) is 2.87. The van der Waals surface area contributed by atoms with Crippen molar-refractivity contribution in [2.45, 2.75) is 25.3 Å². The number of hydrogen-bond donors (Lipinski definition) is 1. The average molecular weight is 166 g/mol. The lowest BCUT2D eigenvalue weighted by atomic mass is 10.2. The summed E-state index contributed by atoms with van der Waals surface area (Å²) in [5.74, 6) is 0. The minimum atomic E-state index is 0.120. The van der Waals surface area contributed by atoms with Gasteiger partial charge < -0.3 is 10.2 Å². The molecule has 1 fully saturated rings. The summed E-state index contributed by atoms with van der Waals surface area (Å²) >= 11 is 0. The Kier molecular flexibility index (Phi) is 2.02. The molecule has 0 bridgehead atoms. The van der Waals surface area contributed by atoms with Crippen molar-refractivity contribution in [3.05, 3.63) is 12.2 Å². The highest BCUT2D eigenvalue weighted by Crippen LogP contribution is 2.18. The van der Waals surface area contributed by atoms with Crippen LogP contribution in [0.4, 0.5) is 4.79 Å². The van der Waals surface area contributed by atoms with Crippen molar-refractivity contribution < 1.29 is 4.79 Å². The summed E-state index contributed by atoms with van der Waals surface area (Å²) in [7, 11) is 0. The number of amides is 2. The minimum Gasteiger partial charge on any atom is -0.338 e. The highest BCUT2D eigenvalue weighted by atomic mass is 16.2. The number of hydrogen-bond acceptors (Lipinski definition) is 1. The van der Waals surface area contributed by atoms with Gasteiger partial charge in [0.05, 0.1) is 0 Å². The van der Waals surface area contributed by atoms with Gasteiger partial charge in [-0.2, -0.15) is 0 Å². The number of rotatable bonds is 1. The van der Waals surface area contributed by atoms with E-state index < -0.39 is 0 Å². The minimum absolute atomic E-state index is 0.120. The predicted octanol–water partition coefficient (Wildman–Crippen LogP) is 1.12. The van der Waals surface area contributed by atoms with Crippen LogP contribution in [0.5, 0.6) is 0 Å². The Morgan fingerprint density at radius 2 is 2.17 bits per heavy atom.